The lowest BCUT2D eigenvalue weighted by Gasteiger charge is -2.14. The van der Waals surface area contributed by atoms with E-state index in [1.165, 1.54) is 22.3 Å². The summed E-state index contributed by atoms with van der Waals surface area (Å²) in [5.74, 6) is 1.64. The lowest BCUT2D eigenvalue weighted by molar-refractivity contribution is 1.11. The number of hydrogen-bond acceptors (Lipinski definition) is 3. The van der Waals surface area contributed by atoms with E-state index >= 15 is 0 Å². The molecule has 0 atom stereocenters. The minimum absolute atomic E-state index is 0.711. The third-order valence-electron chi connectivity index (χ3n) is 10.8. The molecule has 0 N–H and O–H groups in total. The van der Waals surface area contributed by atoms with Gasteiger partial charge in [-0.2, -0.15) is 0 Å². The third-order valence-corrected chi connectivity index (χ3v) is 10.8. The summed E-state index contributed by atoms with van der Waals surface area (Å²) >= 11 is 0. The van der Waals surface area contributed by atoms with E-state index in [0.29, 0.717) is 5.82 Å². The molecule has 4 nitrogen and oxygen atoms in total. The van der Waals surface area contributed by atoms with Crippen LogP contribution in [0.2, 0.25) is 0 Å². The molecule has 0 saturated heterocycles. The highest BCUT2D eigenvalue weighted by atomic mass is 15.1. The molecule has 0 bridgehead atoms. The average molecular weight is 701 g/mol. The highest BCUT2D eigenvalue weighted by Gasteiger charge is 2.25. The van der Waals surface area contributed by atoms with Crippen LogP contribution in [0.3, 0.4) is 0 Å². The van der Waals surface area contributed by atoms with Gasteiger partial charge in [-0.3, -0.25) is 4.57 Å². The second kappa shape index (κ2) is 12.6. The number of benzene rings is 8. The van der Waals surface area contributed by atoms with Crippen molar-refractivity contribution in [2.75, 3.05) is 0 Å². The number of rotatable bonds is 5. The Hall–Kier alpha value is -7.43. The molecule has 4 heteroatoms. The number of para-hydroxylation sites is 3. The molecule has 1 aliphatic heterocycles. The summed E-state index contributed by atoms with van der Waals surface area (Å²) < 4.78 is 2.36. The molecule has 0 amide bonds. The van der Waals surface area contributed by atoms with Crippen molar-refractivity contribution in [2.24, 2.45) is 0 Å². The highest BCUT2D eigenvalue weighted by Crippen LogP contribution is 2.45. The Morgan fingerprint density at radius 3 is 1.60 bits per heavy atom. The molecule has 1 aliphatic rings. The molecular formula is C51H32N4. The van der Waals surface area contributed by atoms with Crippen molar-refractivity contribution >= 4 is 21.9 Å². The van der Waals surface area contributed by atoms with Gasteiger partial charge in [0.15, 0.2) is 5.82 Å². The van der Waals surface area contributed by atoms with Gasteiger partial charge in [0.05, 0.1) is 27.9 Å². The van der Waals surface area contributed by atoms with Crippen LogP contribution in [0.25, 0.3) is 106 Å². The second-order valence-electron chi connectivity index (χ2n) is 14.0. The van der Waals surface area contributed by atoms with Crippen molar-refractivity contribution in [1.82, 2.24) is 19.5 Å². The van der Waals surface area contributed by atoms with E-state index in [1.54, 1.807) is 0 Å². The molecular weight excluding hydrogens is 669 g/mol. The van der Waals surface area contributed by atoms with Gasteiger partial charge in [-0.25, -0.2) is 15.0 Å². The van der Waals surface area contributed by atoms with Crippen LogP contribution < -0.4 is 0 Å². The van der Waals surface area contributed by atoms with Gasteiger partial charge in [-0.1, -0.05) is 158 Å². The summed E-state index contributed by atoms with van der Waals surface area (Å²) in [6.07, 6.45) is 0. The van der Waals surface area contributed by atoms with Crippen molar-refractivity contribution < 1.29 is 0 Å². The number of imidazole rings is 1. The Morgan fingerprint density at radius 1 is 0.327 bits per heavy atom. The maximum absolute atomic E-state index is 5.30. The van der Waals surface area contributed by atoms with Gasteiger partial charge >= 0.3 is 0 Å². The van der Waals surface area contributed by atoms with Gasteiger partial charge in [-0.05, 0) is 69.8 Å². The molecule has 0 aliphatic carbocycles. The van der Waals surface area contributed by atoms with Crippen molar-refractivity contribution in [3.63, 3.8) is 0 Å². The molecule has 3 heterocycles. The Bertz CT molecular complexity index is 3100. The molecule has 8 aromatic carbocycles. The van der Waals surface area contributed by atoms with E-state index in [-0.39, 0.29) is 0 Å². The lowest BCUT2D eigenvalue weighted by atomic mass is 9.94. The van der Waals surface area contributed by atoms with Gasteiger partial charge in [-0.15, -0.1) is 0 Å². The fraction of sp³-hybridized carbons (Fsp3) is 0. The van der Waals surface area contributed by atoms with Crippen molar-refractivity contribution in [2.45, 2.75) is 0 Å². The van der Waals surface area contributed by atoms with Gasteiger partial charge in [0.25, 0.3) is 0 Å². The van der Waals surface area contributed by atoms with Crippen molar-refractivity contribution in [3.05, 3.63) is 194 Å². The zero-order valence-electron chi connectivity index (χ0n) is 29.8. The van der Waals surface area contributed by atoms with E-state index in [1.807, 2.05) is 18.2 Å². The monoisotopic (exact) mass is 700 g/mol. The standard InChI is InChI=1S/C51H32N4/c1-2-14-33(15-3-1)48-44-25-6-8-27-45(44)52-50(54-48)38-20-11-18-36(31-38)34-16-10-17-35(30-34)37-19-12-21-39(32-37)51-53-46-28-13-26-43-41-23-5-4-22-40(41)42-24-7-9-29-47(42)55(51)49(43)46/h1-32H. The first kappa shape index (κ1) is 31.1. The Kier molecular flexibility index (Phi) is 7.14. The molecule has 0 radical (unpaired) electrons. The zero-order valence-corrected chi connectivity index (χ0v) is 29.8. The van der Waals surface area contributed by atoms with E-state index in [2.05, 4.69) is 180 Å². The molecule has 0 spiro atoms. The minimum Gasteiger partial charge on any atom is -0.291 e. The Balaban J connectivity index is 1.00. The largest absolute Gasteiger partial charge is 0.291 e. The number of nitrogens with zero attached hydrogens (tertiary/aromatic N) is 4. The summed E-state index contributed by atoms with van der Waals surface area (Å²) in [6.45, 7) is 0. The van der Waals surface area contributed by atoms with Crippen LogP contribution in [0.1, 0.15) is 0 Å². The molecule has 10 aromatic rings. The first-order valence-corrected chi connectivity index (χ1v) is 18.6. The smallest absolute Gasteiger partial charge is 0.160 e. The predicted octanol–water partition coefficient (Wildman–Crippen LogP) is 13.0. The first-order valence-electron chi connectivity index (χ1n) is 18.6. The van der Waals surface area contributed by atoms with Gasteiger partial charge in [0.2, 0.25) is 0 Å². The van der Waals surface area contributed by atoms with Gasteiger partial charge in [0.1, 0.15) is 5.82 Å². The quantitative estimate of drug-likeness (QED) is 0.179. The SMILES string of the molecule is c1ccc(-c2nc(-c3cccc(-c4cccc(-c5cccc(-c6nc7cccc8c7n6-c6ccccc6-c6ccccc6-8)c5)c4)c3)nc3ccccc23)cc1. The van der Waals surface area contributed by atoms with Crippen LogP contribution in [-0.2, 0) is 0 Å². The summed E-state index contributed by atoms with van der Waals surface area (Å²) in [5.41, 5.74) is 17.6. The fourth-order valence-corrected chi connectivity index (χ4v) is 8.20. The lowest BCUT2D eigenvalue weighted by Crippen LogP contribution is -1.99. The van der Waals surface area contributed by atoms with Crippen LogP contribution in [0.4, 0.5) is 0 Å². The van der Waals surface area contributed by atoms with E-state index in [0.717, 1.165) is 78.1 Å². The number of fused-ring (bicyclic) bond motifs is 6. The zero-order chi connectivity index (χ0) is 36.3. The molecule has 11 rings (SSSR count). The van der Waals surface area contributed by atoms with Gasteiger partial charge < -0.3 is 0 Å². The summed E-state index contributed by atoms with van der Waals surface area (Å²) in [5, 5.41) is 1.04. The predicted molar refractivity (Wildman–Crippen MR) is 226 cm³/mol. The molecule has 0 saturated carbocycles. The van der Waals surface area contributed by atoms with Crippen LogP contribution in [0.15, 0.2) is 194 Å². The van der Waals surface area contributed by atoms with E-state index in [4.69, 9.17) is 15.0 Å². The van der Waals surface area contributed by atoms with Crippen LogP contribution in [-0.4, -0.2) is 19.5 Å². The topological polar surface area (TPSA) is 43.6 Å². The minimum atomic E-state index is 0.711. The molecule has 256 valence electrons. The first-order chi connectivity index (χ1) is 27.3. The maximum atomic E-state index is 5.30. The Morgan fingerprint density at radius 2 is 0.836 bits per heavy atom. The summed E-state index contributed by atoms with van der Waals surface area (Å²) in [7, 11) is 0. The Labute approximate surface area is 318 Å². The van der Waals surface area contributed by atoms with Crippen molar-refractivity contribution in [1.29, 1.82) is 0 Å². The van der Waals surface area contributed by atoms with Crippen LogP contribution in [0, 0.1) is 0 Å². The molecule has 0 fully saturated rings. The normalized spacial score (nSPS) is 11.6. The molecule has 2 aromatic heterocycles. The van der Waals surface area contributed by atoms with Gasteiger partial charge in [0, 0.05) is 33.2 Å². The molecule has 0 unspecified atom stereocenters. The maximum Gasteiger partial charge on any atom is 0.160 e. The highest BCUT2D eigenvalue weighted by molar-refractivity contribution is 6.04. The van der Waals surface area contributed by atoms with Crippen LogP contribution in [0.5, 0.6) is 0 Å². The third kappa shape index (κ3) is 5.19. The summed E-state index contributed by atoms with van der Waals surface area (Å²) in [4.78, 5) is 15.5. The fourth-order valence-electron chi connectivity index (χ4n) is 8.20. The number of aromatic nitrogens is 4. The number of hydrogen-bond donors (Lipinski definition) is 0. The van der Waals surface area contributed by atoms with Crippen molar-refractivity contribution in [3.8, 4) is 84.2 Å². The van der Waals surface area contributed by atoms with E-state index < -0.39 is 0 Å². The molecule has 55 heavy (non-hydrogen) atoms. The van der Waals surface area contributed by atoms with Crippen LogP contribution >= 0.6 is 0 Å². The second-order valence-corrected chi connectivity index (χ2v) is 14.0. The average Bonchev–Trinajstić information content (AvgIpc) is 3.61. The van der Waals surface area contributed by atoms with E-state index in [9.17, 15) is 0 Å². The summed E-state index contributed by atoms with van der Waals surface area (Å²) in [6, 6.07) is 68.6.